The van der Waals surface area contributed by atoms with Crippen LogP contribution in [0.25, 0.3) is 21.5 Å². The maximum Gasteiger partial charge on any atom is 0.254 e. The van der Waals surface area contributed by atoms with E-state index in [0.717, 1.165) is 59.8 Å². The van der Waals surface area contributed by atoms with Crippen LogP contribution in [0, 0.1) is 6.92 Å². The lowest BCUT2D eigenvalue weighted by atomic mass is 10.1. The van der Waals surface area contributed by atoms with Crippen molar-refractivity contribution in [1.82, 2.24) is 14.8 Å². The minimum atomic E-state index is 0.104. The molecule has 0 atom stereocenters. The number of hydrogen-bond donors (Lipinski definition) is 0. The van der Waals surface area contributed by atoms with E-state index >= 15 is 0 Å². The summed E-state index contributed by atoms with van der Waals surface area (Å²) in [6.45, 7) is 6.30. The minimum absolute atomic E-state index is 0.104. The van der Waals surface area contributed by atoms with Crippen molar-refractivity contribution in [3.8, 4) is 10.6 Å². The number of amides is 1. The van der Waals surface area contributed by atoms with E-state index in [0.29, 0.717) is 0 Å². The molecule has 0 N–H and O–H groups in total. The van der Waals surface area contributed by atoms with Gasteiger partial charge in [-0.1, -0.05) is 48.5 Å². The van der Waals surface area contributed by atoms with Crippen LogP contribution in [0.2, 0.25) is 0 Å². The van der Waals surface area contributed by atoms with E-state index in [1.807, 2.05) is 41.3 Å². The van der Waals surface area contributed by atoms with Crippen molar-refractivity contribution in [2.45, 2.75) is 13.5 Å². The van der Waals surface area contributed by atoms with Crippen LogP contribution in [0.4, 0.5) is 0 Å². The van der Waals surface area contributed by atoms with E-state index in [9.17, 15) is 4.79 Å². The Bertz CT molecular complexity index is 1210. The molecule has 1 aliphatic rings. The number of piperazine rings is 1. The van der Waals surface area contributed by atoms with Gasteiger partial charge in [0.05, 0.1) is 21.7 Å². The number of carbonyl (C=O) groups excluding carboxylic acids is 1. The maximum atomic E-state index is 13.6. The van der Waals surface area contributed by atoms with E-state index in [2.05, 4.69) is 48.2 Å². The maximum absolute atomic E-state index is 13.6. The van der Waals surface area contributed by atoms with Crippen LogP contribution in [0.3, 0.4) is 0 Å². The number of para-hydroxylation sites is 1. The standard InChI is InChI=1S/C26H25N3OS/c1-19-11-12-25(31-19)24-17-22(21-9-5-6-10-23(21)27-24)26(30)29-15-13-28(14-16-29)18-20-7-3-2-4-8-20/h2-12,17H,13-16,18H2,1H3. The zero-order valence-electron chi connectivity index (χ0n) is 17.6. The Kier molecular flexibility index (Phi) is 5.53. The van der Waals surface area contributed by atoms with Gasteiger partial charge in [-0.3, -0.25) is 9.69 Å². The average Bonchev–Trinajstić information content (AvgIpc) is 3.25. The van der Waals surface area contributed by atoms with E-state index < -0.39 is 0 Å². The van der Waals surface area contributed by atoms with Crippen molar-refractivity contribution in [3.63, 3.8) is 0 Å². The Labute approximate surface area is 186 Å². The molecule has 0 unspecified atom stereocenters. The molecule has 2 aromatic carbocycles. The molecule has 5 heteroatoms. The molecule has 0 bridgehead atoms. The van der Waals surface area contributed by atoms with Crippen molar-refractivity contribution in [2.24, 2.45) is 0 Å². The topological polar surface area (TPSA) is 36.4 Å². The lowest BCUT2D eigenvalue weighted by Gasteiger charge is -2.35. The Morgan fingerprint density at radius 3 is 2.42 bits per heavy atom. The predicted molar refractivity (Wildman–Crippen MR) is 127 cm³/mol. The van der Waals surface area contributed by atoms with Crippen LogP contribution in [0.5, 0.6) is 0 Å². The summed E-state index contributed by atoms with van der Waals surface area (Å²) in [4.78, 5) is 25.1. The highest BCUT2D eigenvalue weighted by Gasteiger charge is 2.24. The highest BCUT2D eigenvalue weighted by Crippen LogP contribution is 2.30. The monoisotopic (exact) mass is 427 g/mol. The molecule has 2 aromatic heterocycles. The predicted octanol–water partition coefficient (Wildman–Crippen LogP) is 5.23. The van der Waals surface area contributed by atoms with Crippen LogP contribution in [-0.4, -0.2) is 46.9 Å². The highest BCUT2D eigenvalue weighted by atomic mass is 32.1. The van der Waals surface area contributed by atoms with Crippen molar-refractivity contribution < 1.29 is 4.79 Å². The molecule has 5 rings (SSSR count). The quantitative estimate of drug-likeness (QED) is 0.447. The van der Waals surface area contributed by atoms with Gasteiger partial charge in [0, 0.05) is 43.0 Å². The van der Waals surface area contributed by atoms with Gasteiger partial charge in [0.15, 0.2) is 0 Å². The molecular weight excluding hydrogens is 402 g/mol. The molecule has 1 saturated heterocycles. The SMILES string of the molecule is Cc1ccc(-c2cc(C(=O)N3CCN(Cc4ccccc4)CC3)c3ccccc3n2)s1. The van der Waals surface area contributed by atoms with Gasteiger partial charge >= 0.3 is 0 Å². The van der Waals surface area contributed by atoms with Gasteiger partial charge < -0.3 is 4.90 Å². The number of fused-ring (bicyclic) bond motifs is 1. The third-order valence-electron chi connectivity index (χ3n) is 5.85. The fourth-order valence-electron chi connectivity index (χ4n) is 4.17. The van der Waals surface area contributed by atoms with Crippen LogP contribution < -0.4 is 0 Å². The van der Waals surface area contributed by atoms with E-state index in [1.54, 1.807) is 11.3 Å². The third kappa shape index (κ3) is 4.24. The number of aromatic nitrogens is 1. The summed E-state index contributed by atoms with van der Waals surface area (Å²) in [6.07, 6.45) is 0. The Morgan fingerprint density at radius 2 is 1.68 bits per heavy atom. The normalized spacial score (nSPS) is 14.8. The number of thiophene rings is 1. The molecule has 0 saturated carbocycles. The highest BCUT2D eigenvalue weighted by molar-refractivity contribution is 7.15. The molecule has 156 valence electrons. The van der Waals surface area contributed by atoms with Gasteiger partial charge in [-0.2, -0.15) is 0 Å². The van der Waals surface area contributed by atoms with Gasteiger partial charge in [0.25, 0.3) is 5.91 Å². The van der Waals surface area contributed by atoms with Crippen LogP contribution >= 0.6 is 11.3 Å². The number of carbonyl (C=O) groups is 1. The summed E-state index contributed by atoms with van der Waals surface area (Å²) < 4.78 is 0. The fraction of sp³-hybridized carbons (Fsp3) is 0.231. The minimum Gasteiger partial charge on any atom is -0.336 e. The summed E-state index contributed by atoms with van der Waals surface area (Å²) in [5, 5.41) is 0.927. The summed E-state index contributed by atoms with van der Waals surface area (Å²) in [6, 6.07) is 24.7. The first-order valence-electron chi connectivity index (χ1n) is 10.7. The lowest BCUT2D eigenvalue weighted by molar-refractivity contribution is 0.0630. The van der Waals surface area contributed by atoms with Gasteiger partial charge in [-0.25, -0.2) is 4.98 Å². The second kappa shape index (κ2) is 8.61. The van der Waals surface area contributed by atoms with Gasteiger partial charge in [-0.15, -0.1) is 11.3 Å². The first-order chi connectivity index (χ1) is 15.2. The van der Waals surface area contributed by atoms with Gasteiger partial charge in [0.1, 0.15) is 0 Å². The van der Waals surface area contributed by atoms with Crippen molar-refractivity contribution >= 4 is 28.1 Å². The summed E-state index contributed by atoms with van der Waals surface area (Å²) in [5.74, 6) is 0.104. The smallest absolute Gasteiger partial charge is 0.254 e. The molecule has 0 spiro atoms. The number of pyridine rings is 1. The summed E-state index contributed by atoms with van der Waals surface area (Å²) in [7, 11) is 0. The zero-order valence-corrected chi connectivity index (χ0v) is 18.4. The number of nitrogens with zero attached hydrogens (tertiary/aromatic N) is 3. The van der Waals surface area contributed by atoms with Crippen LogP contribution in [0.15, 0.2) is 72.8 Å². The Hall–Kier alpha value is -3.02. The van der Waals surface area contributed by atoms with E-state index in [4.69, 9.17) is 4.98 Å². The number of hydrogen-bond acceptors (Lipinski definition) is 4. The fourth-order valence-corrected chi connectivity index (χ4v) is 5.00. The molecule has 1 aliphatic heterocycles. The second-order valence-electron chi connectivity index (χ2n) is 8.04. The van der Waals surface area contributed by atoms with Gasteiger partial charge in [-0.05, 0) is 36.8 Å². The largest absolute Gasteiger partial charge is 0.336 e. The second-order valence-corrected chi connectivity index (χ2v) is 9.32. The molecule has 3 heterocycles. The summed E-state index contributed by atoms with van der Waals surface area (Å²) >= 11 is 1.71. The number of benzene rings is 2. The zero-order chi connectivity index (χ0) is 21.2. The summed E-state index contributed by atoms with van der Waals surface area (Å²) in [5.41, 5.74) is 3.82. The molecule has 4 aromatic rings. The first-order valence-corrected chi connectivity index (χ1v) is 11.5. The van der Waals surface area contributed by atoms with E-state index in [-0.39, 0.29) is 5.91 Å². The molecule has 31 heavy (non-hydrogen) atoms. The number of rotatable bonds is 4. The van der Waals surface area contributed by atoms with Crippen LogP contribution in [-0.2, 0) is 6.54 Å². The van der Waals surface area contributed by atoms with Crippen molar-refractivity contribution in [1.29, 1.82) is 0 Å². The Balaban J connectivity index is 1.38. The van der Waals surface area contributed by atoms with Crippen LogP contribution in [0.1, 0.15) is 20.8 Å². The number of aryl methyl sites for hydroxylation is 1. The average molecular weight is 428 g/mol. The molecule has 0 radical (unpaired) electrons. The Morgan fingerprint density at radius 1 is 0.935 bits per heavy atom. The molecular formula is C26H25N3OS. The third-order valence-corrected chi connectivity index (χ3v) is 6.87. The molecule has 1 fully saturated rings. The molecule has 0 aliphatic carbocycles. The molecule has 1 amide bonds. The van der Waals surface area contributed by atoms with Gasteiger partial charge in [0.2, 0.25) is 0 Å². The van der Waals surface area contributed by atoms with Crippen molar-refractivity contribution in [2.75, 3.05) is 26.2 Å². The van der Waals surface area contributed by atoms with E-state index in [1.165, 1.54) is 10.4 Å². The lowest BCUT2D eigenvalue weighted by Crippen LogP contribution is -2.48. The first kappa shape index (κ1) is 19.9. The molecule has 4 nitrogen and oxygen atoms in total. The van der Waals surface area contributed by atoms with Crippen molar-refractivity contribution in [3.05, 3.63) is 88.8 Å².